The fraction of sp³-hybridized carbons (Fsp3) is 0.280. The highest BCUT2D eigenvalue weighted by molar-refractivity contribution is 6.30. The molecule has 1 atom stereocenters. The summed E-state index contributed by atoms with van der Waals surface area (Å²) in [5, 5.41) is 3.51. The highest BCUT2D eigenvalue weighted by Gasteiger charge is 2.40. The van der Waals surface area contributed by atoms with E-state index in [9.17, 15) is 9.59 Å². The SMILES string of the molecule is CC(C)(NC(=O)c1ccccc1)C(=O)N1CCCC1c1nc(N)ncc1-c1ccc(Cl)cc1. The normalized spacial score (nSPS) is 16.0. The van der Waals surface area contributed by atoms with Gasteiger partial charge < -0.3 is 16.0 Å². The first kappa shape index (κ1) is 22.7. The molecule has 8 heteroatoms. The molecular weight excluding hydrogens is 438 g/mol. The highest BCUT2D eigenvalue weighted by Crippen LogP contribution is 2.38. The van der Waals surface area contributed by atoms with Gasteiger partial charge in [-0.2, -0.15) is 0 Å². The first-order valence-corrected chi connectivity index (χ1v) is 11.2. The number of rotatable bonds is 5. The minimum Gasteiger partial charge on any atom is -0.368 e. The minimum atomic E-state index is -1.10. The van der Waals surface area contributed by atoms with Gasteiger partial charge in [0.2, 0.25) is 11.9 Å². The maximum atomic E-state index is 13.6. The van der Waals surface area contributed by atoms with Crippen LogP contribution in [0.5, 0.6) is 0 Å². The van der Waals surface area contributed by atoms with Crippen LogP contribution in [-0.4, -0.2) is 38.8 Å². The minimum absolute atomic E-state index is 0.152. The van der Waals surface area contributed by atoms with E-state index in [2.05, 4.69) is 15.3 Å². The van der Waals surface area contributed by atoms with E-state index in [0.29, 0.717) is 22.8 Å². The van der Waals surface area contributed by atoms with Crippen molar-refractivity contribution >= 4 is 29.4 Å². The van der Waals surface area contributed by atoms with E-state index in [1.54, 1.807) is 61.3 Å². The molecule has 3 aromatic rings. The van der Waals surface area contributed by atoms with E-state index >= 15 is 0 Å². The Bertz CT molecular complexity index is 1170. The van der Waals surface area contributed by atoms with Gasteiger partial charge in [-0.05, 0) is 56.5 Å². The molecule has 0 radical (unpaired) electrons. The van der Waals surface area contributed by atoms with E-state index in [4.69, 9.17) is 17.3 Å². The standard InChI is InChI=1S/C25H26ClN5O2/c1-25(2,30-22(32)17-7-4-3-5-8-17)23(33)31-14-6-9-20(31)21-19(15-28-24(27)29-21)16-10-12-18(26)13-11-16/h3-5,7-8,10-13,15,20H,6,9,14H2,1-2H3,(H,30,32)(H2,27,28,29). The van der Waals surface area contributed by atoms with Crippen molar-refractivity contribution in [3.05, 3.63) is 77.1 Å². The molecule has 7 nitrogen and oxygen atoms in total. The second-order valence-electron chi connectivity index (χ2n) is 8.64. The molecule has 1 fully saturated rings. The van der Waals surface area contributed by atoms with Crippen molar-refractivity contribution in [1.29, 1.82) is 0 Å². The monoisotopic (exact) mass is 463 g/mol. The summed E-state index contributed by atoms with van der Waals surface area (Å²) >= 11 is 6.05. The first-order valence-electron chi connectivity index (χ1n) is 10.8. The van der Waals surface area contributed by atoms with Gasteiger partial charge >= 0.3 is 0 Å². The van der Waals surface area contributed by atoms with Crippen molar-refractivity contribution in [2.24, 2.45) is 0 Å². The lowest BCUT2D eigenvalue weighted by atomic mass is 9.97. The van der Waals surface area contributed by atoms with Crippen molar-refractivity contribution in [2.45, 2.75) is 38.3 Å². The molecular formula is C25H26ClN5O2. The molecule has 33 heavy (non-hydrogen) atoms. The molecule has 170 valence electrons. The van der Waals surface area contributed by atoms with E-state index in [0.717, 1.165) is 24.0 Å². The Balaban J connectivity index is 1.63. The number of nitrogens with zero attached hydrogens (tertiary/aromatic N) is 3. The van der Waals surface area contributed by atoms with Crippen LogP contribution in [-0.2, 0) is 4.79 Å². The summed E-state index contributed by atoms with van der Waals surface area (Å²) in [6.07, 6.45) is 3.25. The van der Waals surface area contributed by atoms with Gasteiger partial charge in [-0.25, -0.2) is 9.97 Å². The van der Waals surface area contributed by atoms with Gasteiger partial charge in [-0.15, -0.1) is 0 Å². The number of halogens is 1. The lowest BCUT2D eigenvalue weighted by molar-refractivity contribution is -0.137. The summed E-state index contributed by atoms with van der Waals surface area (Å²) in [5.41, 5.74) is 7.72. The van der Waals surface area contributed by atoms with Crippen molar-refractivity contribution in [1.82, 2.24) is 20.2 Å². The third-order valence-electron chi connectivity index (χ3n) is 5.82. The number of nitrogen functional groups attached to an aromatic ring is 1. The van der Waals surface area contributed by atoms with E-state index in [1.807, 2.05) is 18.2 Å². The molecule has 1 aromatic heterocycles. The van der Waals surface area contributed by atoms with Gasteiger partial charge in [0.1, 0.15) is 5.54 Å². The number of aromatic nitrogens is 2. The quantitative estimate of drug-likeness (QED) is 0.589. The molecule has 1 aliphatic heterocycles. The molecule has 0 spiro atoms. The van der Waals surface area contributed by atoms with Gasteiger partial charge in [-0.3, -0.25) is 9.59 Å². The van der Waals surface area contributed by atoms with Gasteiger partial charge in [0.15, 0.2) is 0 Å². The summed E-state index contributed by atoms with van der Waals surface area (Å²) in [7, 11) is 0. The zero-order valence-corrected chi connectivity index (χ0v) is 19.3. The molecule has 1 aliphatic rings. The zero-order chi connectivity index (χ0) is 23.6. The summed E-state index contributed by atoms with van der Waals surface area (Å²) in [6, 6.07) is 16.0. The first-order chi connectivity index (χ1) is 15.8. The largest absolute Gasteiger partial charge is 0.368 e. The third-order valence-corrected chi connectivity index (χ3v) is 6.07. The smallest absolute Gasteiger partial charge is 0.252 e. The summed E-state index contributed by atoms with van der Waals surface area (Å²) in [6.45, 7) is 4.01. The Labute approximate surface area is 198 Å². The van der Waals surface area contributed by atoms with Crippen molar-refractivity contribution < 1.29 is 9.59 Å². The molecule has 1 saturated heterocycles. The fourth-order valence-corrected chi connectivity index (χ4v) is 4.29. The van der Waals surface area contributed by atoms with E-state index in [1.165, 1.54) is 0 Å². The number of anilines is 1. The number of carbonyl (C=O) groups is 2. The van der Waals surface area contributed by atoms with Crippen molar-refractivity contribution in [3.63, 3.8) is 0 Å². The maximum absolute atomic E-state index is 13.6. The van der Waals surface area contributed by atoms with E-state index in [-0.39, 0.29) is 23.8 Å². The van der Waals surface area contributed by atoms with Gasteiger partial charge in [0, 0.05) is 28.9 Å². The van der Waals surface area contributed by atoms with Crippen LogP contribution in [0.25, 0.3) is 11.1 Å². The number of amides is 2. The molecule has 0 saturated carbocycles. The summed E-state index contributed by atoms with van der Waals surface area (Å²) in [5.74, 6) is -0.315. The number of benzene rings is 2. The van der Waals surface area contributed by atoms with Gasteiger partial charge in [0.05, 0.1) is 11.7 Å². The van der Waals surface area contributed by atoms with Crippen molar-refractivity contribution in [3.8, 4) is 11.1 Å². The van der Waals surface area contributed by atoms with Crippen molar-refractivity contribution in [2.75, 3.05) is 12.3 Å². The predicted molar refractivity (Wildman–Crippen MR) is 129 cm³/mol. The second-order valence-corrected chi connectivity index (χ2v) is 9.07. The number of carbonyl (C=O) groups excluding carboxylic acids is 2. The van der Waals surface area contributed by atoms with Crippen LogP contribution in [0, 0.1) is 0 Å². The highest BCUT2D eigenvalue weighted by atomic mass is 35.5. The van der Waals surface area contributed by atoms with Gasteiger partial charge in [-0.1, -0.05) is 41.9 Å². The topological polar surface area (TPSA) is 101 Å². The Hall–Kier alpha value is -3.45. The average molecular weight is 464 g/mol. The molecule has 2 heterocycles. The molecule has 3 N–H and O–H groups in total. The van der Waals surface area contributed by atoms with Crippen LogP contribution < -0.4 is 11.1 Å². The lowest BCUT2D eigenvalue weighted by Crippen LogP contribution is -2.55. The van der Waals surface area contributed by atoms with Crippen LogP contribution in [0.4, 0.5) is 5.95 Å². The molecule has 0 aliphatic carbocycles. The molecule has 2 amide bonds. The molecule has 4 rings (SSSR count). The Morgan fingerprint density at radius 2 is 1.82 bits per heavy atom. The van der Waals surface area contributed by atoms with Crippen LogP contribution >= 0.6 is 11.6 Å². The number of likely N-dealkylation sites (tertiary alicyclic amines) is 1. The Morgan fingerprint density at radius 3 is 2.52 bits per heavy atom. The maximum Gasteiger partial charge on any atom is 0.252 e. The summed E-state index contributed by atoms with van der Waals surface area (Å²) < 4.78 is 0. The fourth-order valence-electron chi connectivity index (χ4n) is 4.17. The zero-order valence-electron chi connectivity index (χ0n) is 18.6. The van der Waals surface area contributed by atoms with Crippen LogP contribution in [0.3, 0.4) is 0 Å². The molecule has 0 bridgehead atoms. The van der Waals surface area contributed by atoms with Crippen LogP contribution in [0.2, 0.25) is 5.02 Å². The van der Waals surface area contributed by atoms with Crippen LogP contribution in [0.1, 0.15) is 48.8 Å². The van der Waals surface area contributed by atoms with E-state index < -0.39 is 5.54 Å². The van der Waals surface area contributed by atoms with Crippen LogP contribution in [0.15, 0.2) is 60.8 Å². The number of nitrogens with one attached hydrogen (secondary N) is 1. The predicted octanol–water partition coefficient (Wildman–Crippen LogP) is 4.25. The second kappa shape index (κ2) is 9.19. The molecule has 1 unspecified atom stereocenters. The lowest BCUT2D eigenvalue weighted by Gasteiger charge is -2.34. The average Bonchev–Trinajstić information content (AvgIpc) is 3.29. The number of nitrogens with two attached hydrogens (primary N) is 1. The third kappa shape index (κ3) is 4.83. The van der Waals surface area contributed by atoms with Gasteiger partial charge in [0.25, 0.3) is 5.91 Å². The molecule has 2 aromatic carbocycles. The number of hydrogen-bond acceptors (Lipinski definition) is 5. The Morgan fingerprint density at radius 1 is 1.12 bits per heavy atom. The number of hydrogen-bond donors (Lipinski definition) is 2. The Kier molecular flexibility index (Phi) is 6.33. The summed E-state index contributed by atoms with van der Waals surface area (Å²) in [4.78, 5) is 36.8.